The first-order valence-electron chi connectivity index (χ1n) is 4.91. The van der Waals surface area contributed by atoms with Gasteiger partial charge in [-0.25, -0.2) is 0 Å². The average molecular weight is 267 g/mol. The molecule has 0 aliphatic carbocycles. The molecule has 0 fully saturated rings. The number of ether oxygens (including phenoxy) is 1. The lowest BCUT2D eigenvalue weighted by molar-refractivity contribution is 0.112. The summed E-state index contributed by atoms with van der Waals surface area (Å²) in [5.41, 5.74) is 1.27. The highest BCUT2D eigenvalue weighted by Gasteiger charge is 2.16. The fraction of sp³-hybridized carbons (Fsp3) is 0.385. The average Bonchev–Trinajstić information content (AvgIpc) is 2.27. The molecule has 0 spiro atoms. The summed E-state index contributed by atoms with van der Waals surface area (Å²) in [5.74, 6) is 5.95. The van der Waals surface area contributed by atoms with Crippen molar-refractivity contribution in [2.75, 3.05) is 7.11 Å². The van der Waals surface area contributed by atoms with Crippen molar-refractivity contribution in [1.82, 2.24) is 0 Å². The molecule has 1 aromatic rings. The second-order valence-electron chi connectivity index (χ2n) is 3.26. The quantitative estimate of drug-likeness (QED) is 0.602. The van der Waals surface area contributed by atoms with E-state index in [0.717, 1.165) is 6.42 Å². The van der Waals surface area contributed by atoms with Gasteiger partial charge in [-0.1, -0.05) is 52.2 Å². The molecule has 0 amide bonds. The Labute approximate surface area is 100.0 Å². The van der Waals surface area contributed by atoms with Crippen molar-refractivity contribution in [2.24, 2.45) is 0 Å². The molecule has 1 aromatic carbocycles. The molecule has 0 N–H and O–H groups in total. The van der Waals surface area contributed by atoms with Crippen molar-refractivity contribution < 1.29 is 4.74 Å². The van der Waals surface area contributed by atoms with Crippen LogP contribution in [-0.4, -0.2) is 18.0 Å². The maximum Gasteiger partial charge on any atom is 0.102 e. The molecule has 80 valence electrons. The Morgan fingerprint density at radius 1 is 1.33 bits per heavy atom. The number of benzene rings is 1. The van der Waals surface area contributed by atoms with Crippen molar-refractivity contribution in [3.8, 4) is 11.8 Å². The highest BCUT2D eigenvalue weighted by atomic mass is 79.9. The fourth-order valence-corrected chi connectivity index (χ4v) is 2.02. The van der Waals surface area contributed by atoms with Crippen LogP contribution >= 0.6 is 15.9 Å². The molecule has 0 saturated heterocycles. The monoisotopic (exact) mass is 266 g/mol. The fourth-order valence-electron chi connectivity index (χ4n) is 1.38. The molecule has 0 aromatic heterocycles. The van der Waals surface area contributed by atoms with Gasteiger partial charge in [0.2, 0.25) is 0 Å². The zero-order chi connectivity index (χ0) is 11.1. The highest BCUT2D eigenvalue weighted by molar-refractivity contribution is 9.09. The molecule has 0 radical (unpaired) electrons. The van der Waals surface area contributed by atoms with E-state index < -0.39 is 0 Å². The lowest BCUT2D eigenvalue weighted by Crippen LogP contribution is -2.24. The molecule has 0 aliphatic heterocycles. The van der Waals surface area contributed by atoms with Crippen molar-refractivity contribution in [2.45, 2.75) is 24.3 Å². The number of methoxy groups -OCH3 is 1. The molecular weight excluding hydrogens is 252 g/mol. The van der Waals surface area contributed by atoms with Gasteiger partial charge in [-0.05, 0) is 12.5 Å². The molecule has 15 heavy (non-hydrogen) atoms. The third-order valence-corrected chi connectivity index (χ3v) is 3.01. The highest BCUT2D eigenvalue weighted by Crippen LogP contribution is 2.14. The number of halogens is 1. The molecule has 1 rings (SSSR count). The Bertz CT molecular complexity index is 337. The van der Waals surface area contributed by atoms with E-state index in [1.54, 1.807) is 7.11 Å². The first-order chi connectivity index (χ1) is 7.27. The van der Waals surface area contributed by atoms with E-state index in [2.05, 4.69) is 39.9 Å². The summed E-state index contributed by atoms with van der Waals surface area (Å²) in [4.78, 5) is 0.0905. The first kappa shape index (κ1) is 12.3. The minimum Gasteiger partial charge on any atom is -0.379 e. The van der Waals surface area contributed by atoms with E-state index in [-0.39, 0.29) is 10.9 Å². The van der Waals surface area contributed by atoms with Crippen LogP contribution in [0.1, 0.15) is 12.5 Å². The third-order valence-electron chi connectivity index (χ3n) is 2.19. The maximum absolute atomic E-state index is 5.42. The molecule has 1 nitrogen and oxygen atoms in total. The lowest BCUT2D eigenvalue weighted by Gasteiger charge is -2.17. The summed E-state index contributed by atoms with van der Waals surface area (Å²) in [6.45, 7) is 1.84. The van der Waals surface area contributed by atoms with Gasteiger partial charge < -0.3 is 4.74 Å². The second-order valence-corrected chi connectivity index (χ2v) is 4.25. The largest absolute Gasteiger partial charge is 0.379 e. The minimum atomic E-state index is 0.0905. The number of alkyl halides is 1. The molecular formula is C13H15BrO. The maximum atomic E-state index is 5.42. The summed E-state index contributed by atoms with van der Waals surface area (Å²) >= 11 is 3.52. The summed E-state index contributed by atoms with van der Waals surface area (Å²) in [5, 5.41) is 0. The van der Waals surface area contributed by atoms with Crippen LogP contribution in [-0.2, 0) is 11.2 Å². The van der Waals surface area contributed by atoms with E-state index in [1.165, 1.54) is 5.56 Å². The molecule has 0 bridgehead atoms. The normalized spacial score (nSPS) is 13.8. The van der Waals surface area contributed by atoms with Crippen molar-refractivity contribution in [1.29, 1.82) is 0 Å². The van der Waals surface area contributed by atoms with Crippen LogP contribution in [0.2, 0.25) is 0 Å². The Morgan fingerprint density at radius 2 is 2.00 bits per heavy atom. The molecule has 2 atom stereocenters. The summed E-state index contributed by atoms with van der Waals surface area (Å²) < 4.78 is 5.42. The van der Waals surface area contributed by atoms with Crippen molar-refractivity contribution in [3.63, 3.8) is 0 Å². The van der Waals surface area contributed by atoms with Gasteiger partial charge in [0.05, 0.1) is 6.10 Å². The number of rotatable bonds is 4. The van der Waals surface area contributed by atoms with E-state index in [9.17, 15) is 0 Å². The molecule has 0 saturated carbocycles. The van der Waals surface area contributed by atoms with Crippen molar-refractivity contribution in [3.05, 3.63) is 35.9 Å². The van der Waals surface area contributed by atoms with Crippen LogP contribution in [0.5, 0.6) is 0 Å². The Kier molecular flexibility index (Phi) is 5.45. The predicted molar refractivity (Wildman–Crippen MR) is 67.1 cm³/mol. The Balaban J connectivity index is 2.64. The zero-order valence-electron chi connectivity index (χ0n) is 9.03. The van der Waals surface area contributed by atoms with Crippen LogP contribution in [0, 0.1) is 11.8 Å². The van der Waals surface area contributed by atoms with E-state index in [0.29, 0.717) is 0 Å². The smallest absolute Gasteiger partial charge is 0.102 e. The van der Waals surface area contributed by atoms with Crippen LogP contribution in [0.4, 0.5) is 0 Å². The van der Waals surface area contributed by atoms with Crippen LogP contribution in [0.25, 0.3) is 0 Å². The summed E-state index contributed by atoms with van der Waals surface area (Å²) in [6, 6.07) is 10.3. The van der Waals surface area contributed by atoms with E-state index >= 15 is 0 Å². The Hall–Kier alpha value is -0.780. The van der Waals surface area contributed by atoms with Gasteiger partial charge in [0.25, 0.3) is 0 Å². The number of hydrogen-bond acceptors (Lipinski definition) is 1. The lowest BCUT2D eigenvalue weighted by atomic mass is 10.1. The molecule has 0 heterocycles. The van der Waals surface area contributed by atoms with E-state index in [4.69, 9.17) is 4.74 Å². The van der Waals surface area contributed by atoms with E-state index in [1.807, 2.05) is 25.1 Å². The van der Waals surface area contributed by atoms with Crippen LogP contribution < -0.4 is 0 Å². The second kappa shape index (κ2) is 6.66. The number of hydrogen-bond donors (Lipinski definition) is 0. The minimum absolute atomic E-state index is 0.0905. The van der Waals surface area contributed by atoms with Crippen LogP contribution in [0.15, 0.2) is 30.3 Å². The van der Waals surface area contributed by atoms with Gasteiger partial charge in [-0.3, -0.25) is 0 Å². The molecule has 0 unspecified atom stereocenters. The summed E-state index contributed by atoms with van der Waals surface area (Å²) in [6.07, 6.45) is 0.974. The molecule has 0 aliphatic rings. The first-order valence-corrected chi connectivity index (χ1v) is 5.82. The van der Waals surface area contributed by atoms with Gasteiger partial charge in [0.1, 0.15) is 4.83 Å². The van der Waals surface area contributed by atoms with Crippen molar-refractivity contribution >= 4 is 15.9 Å². The van der Waals surface area contributed by atoms with Crippen LogP contribution in [0.3, 0.4) is 0 Å². The third kappa shape index (κ3) is 4.07. The molecule has 2 heteroatoms. The van der Waals surface area contributed by atoms with Gasteiger partial charge in [0.15, 0.2) is 0 Å². The SMILES string of the molecule is CC#C[C@H](Br)[C@H](Cc1ccccc1)OC. The topological polar surface area (TPSA) is 9.23 Å². The van der Waals surface area contributed by atoms with Gasteiger partial charge in [-0.15, -0.1) is 5.92 Å². The predicted octanol–water partition coefficient (Wildman–Crippen LogP) is 3.03. The standard InChI is InChI=1S/C13H15BrO/c1-3-7-12(14)13(15-2)10-11-8-5-4-6-9-11/h4-6,8-9,12-13H,10H2,1-2H3/t12-,13-/m0/s1. The van der Waals surface area contributed by atoms with Gasteiger partial charge in [-0.2, -0.15) is 0 Å². The zero-order valence-corrected chi connectivity index (χ0v) is 10.6. The van der Waals surface area contributed by atoms with Gasteiger partial charge in [0, 0.05) is 13.5 Å². The summed E-state index contributed by atoms with van der Waals surface area (Å²) in [7, 11) is 1.72. The Morgan fingerprint density at radius 3 is 2.53 bits per heavy atom. The van der Waals surface area contributed by atoms with Gasteiger partial charge >= 0.3 is 0 Å².